The fourth-order valence-electron chi connectivity index (χ4n) is 3.75. The highest BCUT2D eigenvalue weighted by Gasteiger charge is 2.30. The first-order chi connectivity index (χ1) is 15.2. The maximum atomic E-state index is 13.1. The van der Waals surface area contributed by atoms with Gasteiger partial charge in [0.2, 0.25) is 5.91 Å². The van der Waals surface area contributed by atoms with Crippen LogP contribution in [0.25, 0.3) is 0 Å². The molecular weight excluding hydrogens is 430 g/mol. The van der Waals surface area contributed by atoms with E-state index in [-0.39, 0.29) is 41.9 Å². The Bertz CT molecular complexity index is 1030. The zero-order valence-corrected chi connectivity index (χ0v) is 19.4. The summed E-state index contributed by atoms with van der Waals surface area (Å²) >= 11 is 0. The summed E-state index contributed by atoms with van der Waals surface area (Å²) in [4.78, 5) is 14.9. The molecule has 0 aromatic heterocycles. The van der Waals surface area contributed by atoms with Crippen LogP contribution in [0.5, 0.6) is 5.75 Å². The summed E-state index contributed by atoms with van der Waals surface area (Å²) < 4.78 is 34.3. The van der Waals surface area contributed by atoms with Crippen LogP contribution in [0.1, 0.15) is 19.4 Å². The van der Waals surface area contributed by atoms with Crippen molar-refractivity contribution in [3.8, 4) is 5.75 Å². The molecule has 1 amide bonds. The number of sulfonamides is 1. The molecule has 0 aliphatic carbocycles. The van der Waals surface area contributed by atoms with Crippen molar-refractivity contribution in [3.05, 3.63) is 54.1 Å². The Kier molecular flexibility index (Phi) is 7.76. The van der Waals surface area contributed by atoms with Gasteiger partial charge in [-0.05, 0) is 44.3 Å². The minimum atomic E-state index is -3.76. The molecule has 8 nitrogen and oxygen atoms in total. The van der Waals surface area contributed by atoms with Crippen LogP contribution in [0.3, 0.4) is 0 Å². The number of nitrogens with one attached hydrogen (secondary N) is 2. The Labute approximate surface area is 189 Å². The number of hydrogen-bond donors (Lipinski definition) is 3. The highest BCUT2D eigenvalue weighted by molar-refractivity contribution is 7.92. The number of aliphatic hydroxyl groups is 1. The van der Waals surface area contributed by atoms with Crippen molar-refractivity contribution in [1.29, 1.82) is 0 Å². The first-order valence-corrected chi connectivity index (χ1v) is 12.2. The van der Waals surface area contributed by atoms with Crippen molar-refractivity contribution in [2.75, 3.05) is 31.5 Å². The van der Waals surface area contributed by atoms with Crippen molar-refractivity contribution in [1.82, 2.24) is 10.2 Å². The zero-order chi connectivity index (χ0) is 23.3. The normalized spacial score (nSPS) is 20.4. The van der Waals surface area contributed by atoms with Crippen LogP contribution in [0, 0.1) is 5.92 Å². The van der Waals surface area contributed by atoms with E-state index in [0.717, 1.165) is 0 Å². The molecule has 9 heteroatoms. The van der Waals surface area contributed by atoms with Gasteiger partial charge in [0.25, 0.3) is 10.0 Å². The van der Waals surface area contributed by atoms with Gasteiger partial charge >= 0.3 is 0 Å². The van der Waals surface area contributed by atoms with Crippen LogP contribution < -0.4 is 14.8 Å². The summed E-state index contributed by atoms with van der Waals surface area (Å²) in [5.41, 5.74) is 0.942. The number of amides is 1. The minimum Gasteiger partial charge on any atom is -0.488 e. The molecule has 0 saturated carbocycles. The van der Waals surface area contributed by atoms with Crippen LogP contribution in [0.15, 0.2) is 53.4 Å². The lowest BCUT2D eigenvalue weighted by molar-refractivity contribution is -0.134. The number of benzene rings is 2. The van der Waals surface area contributed by atoms with E-state index in [2.05, 4.69) is 10.0 Å². The molecule has 0 radical (unpaired) electrons. The number of fused-ring (bicyclic) bond motifs is 1. The quantitative estimate of drug-likeness (QED) is 0.581. The fourth-order valence-corrected chi connectivity index (χ4v) is 4.82. The number of ether oxygens (including phenoxy) is 1. The maximum absolute atomic E-state index is 13.1. The monoisotopic (exact) mass is 461 g/mol. The van der Waals surface area contributed by atoms with E-state index >= 15 is 0 Å². The molecule has 1 aliphatic heterocycles. The summed E-state index contributed by atoms with van der Waals surface area (Å²) in [5, 5.41) is 12.8. The van der Waals surface area contributed by atoms with Crippen LogP contribution in [0.4, 0.5) is 5.69 Å². The highest BCUT2D eigenvalue weighted by Crippen LogP contribution is 2.29. The molecule has 0 saturated heterocycles. The molecule has 2 aromatic rings. The summed E-state index contributed by atoms with van der Waals surface area (Å²) in [6.07, 6.45) is -0.163. The van der Waals surface area contributed by atoms with Gasteiger partial charge in [0.05, 0.1) is 24.0 Å². The summed E-state index contributed by atoms with van der Waals surface area (Å²) in [5.74, 6) is 0.422. The fraction of sp³-hybridized carbons (Fsp3) is 0.435. The van der Waals surface area contributed by atoms with Gasteiger partial charge in [-0.3, -0.25) is 9.52 Å². The first kappa shape index (κ1) is 24.0. The molecule has 0 spiro atoms. The second kappa shape index (κ2) is 10.3. The Morgan fingerprint density at radius 3 is 2.59 bits per heavy atom. The third kappa shape index (κ3) is 5.59. The largest absolute Gasteiger partial charge is 0.488 e. The molecule has 1 aliphatic rings. The smallest absolute Gasteiger partial charge is 0.261 e. The van der Waals surface area contributed by atoms with E-state index in [1.54, 1.807) is 41.3 Å². The standard InChI is InChI=1S/C23H31N3O5S/c1-16-14-26(17(2)15-27)23(28)12-18-11-19(9-10-21(18)31-22(16)13-24-3)25-32(29,30)20-7-5-4-6-8-20/h4-11,16-17,22,24-25,27H,12-15H2,1-3H3/t16-,17-,22-/m1/s1. The highest BCUT2D eigenvalue weighted by atomic mass is 32.2. The molecule has 3 atom stereocenters. The van der Waals surface area contributed by atoms with Gasteiger partial charge in [-0.15, -0.1) is 0 Å². The maximum Gasteiger partial charge on any atom is 0.261 e. The Balaban J connectivity index is 1.96. The molecule has 32 heavy (non-hydrogen) atoms. The lowest BCUT2D eigenvalue weighted by Crippen LogP contribution is -2.47. The average molecular weight is 462 g/mol. The second-order valence-electron chi connectivity index (χ2n) is 8.19. The van der Waals surface area contributed by atoms with Gasteiger partial charge in [0, 0.05) is 30.3 Å². The molecule has 2 aromatic carbocycles. The van der Waals surface area contributed by atoms with Crippen LogP contribution >= 0.6 is 0 Å². The van der Waals surface area contributed by atoms with Gasteiger partial charge in [-0.1, -0.05) is 25.1 Å². The Morgan fingerprint density at radius 1 is 1.22 bits per heavy atom. The Morgan fingerprint density at radius 2 is 1.94 bits per heavy atom. The number of carbonyl (C=O) groups excluding carboxylic acids is 1. The van der Waals surface area contributed by atoms with Crippen molar-refractivity contribution in [2.45, 2.75) is 37.3 Å². The van der Waals surface area contributed by atoms with Crippen LogP contribution in [-0.2, 0) is 21.2 Å². The average Bonchev–Trinajstić information content (AvgIpc) is 2.82. The summed E-state index contributed by atoms with van der Waals surface area (Å²) in [6, 6.07) is 12.7. The lowest BCUT2D eigenvalue weighted by Gasteiger charge is -2.32. The third-order valence-electron chi connectivity index (χ3n) is 5.63. The summed E-state index contributed by atoms with van der Waals surface area (Å²) in [7, 11) is -1.92. The van der Waals surface area contributed by atoms with E-state index in [0.29, 0.717) is 30.1 Å². The van der Waals surface area contributed by atoms with Crippen molar-refractivity contribution < 1.29 is 23.1 Å². The van der Waals surface area contributed by atoms with E-state index in [4.69, 9.17) is 4.74 Å². The van der Waals surface area contributed by atoms with E-state index in [9.17, 15) is 18.3 Å². The number of rotatable bonds is 7. The number of carbonyl (C=O) groups is 1. The molecule has 0 bridgehead atoms. The van der Waals surface area contributed by atoms with Crippen molar-refractivity contribution in [2.24, 2.45) is 5.92 Å². The summed E-state index contributed by atoms with van der Waals surface area (Å²) in [6.45, 7) is 4.72. The van der Waals surface area contributed by atoms with Crippen LogP contribution in [0.2, 0.25) is 0 Å². The van der Waals surface area contributed by atoms with Crippen molar-refractivity contribution in [3.63, 3.8) is 0 Å². The first-order valence-electron chi connectivity index (χ1n) is 10.7. The third-order valence-corrected chi connectivity index (χ3v) is 7.02. The number of aliphatic hydroxyl groups excluding tert-OH is 1. The predicted molar refractivity (Wildman–Crippen MR) is 123 cm³/mol. The van der Waals surface area contributed by atoms with Crippen LogP contribution in [-0.4, -0.2) is 63.2 Å². The lowest BCUT2D eigenvalue weighted by atomic mass is 10.0. The van der Waals surface area contributed by atoms with E-state index in [1.807, 2.05) is 20.9 Å². The Hall–Kier alpha value is -2.62. The molecule has 3 rings (SSSR count). The number of likely N-dealkylation sites (N-methyl/N-ethyl adjacent to an activating group) is 1. The molecule has 0 fully saturated rings. The zero-order valence-electron chi connectivity index (χ0n) is 18.6. The van der Waals surface area contributed by atoms with Gasteiger partial charge in [-0.2, -0.15) is 0 Å². The number of anilines is 1. The van der Waals surface area contributed by atoms with Gasteiger partial charge in [0.1, 0.15) is 11.9 Å². The molecule has 174 valence electrons. The van der Waals surface area contributed by atoms with Gasteiger partial charge in [-0.25, -0.2) is 8.42 Å². The van der Waals surface area contributed by atoms with Gasteiger partial charge < -0.3 is 20.1 Å². The topological polar surface area (TPSA) is 108 Å². The van der Waals surface area contributed by atoms with Gasteiger partial charge in [0.15, 0.2) is 0 Å². The predicted octanol–water partition coefficient (Wildman–Crippen LogP) is 1.86. The molecular formula is C23H31N3O5S. The van der Waals surface area contributed by atoms with E-state index < -0.39 is 10.0 Å². The number of nitrogens with zero attached hydrogens (tertiary/aromatic N) is 1. The number of hydrogen-bond acceptors (Lipinski definition) is 6. The molecule has 1 heterocycles. The van der Waals surface area contributed by atoms with Crippen molar-refractivity contribution >= 4 is 21.6 Å². The SMILES string of the molecule is CNC[C@H]1Oc2ccc(NS(=O)(=O)c3ccccc3)cc2CC(=O)N([C@H](C)CO)C[C@H]1C. The molecule has 0 unspecified atom stereocenters. The minimum absolute atomic E-state index is 0.0163. The second-order valence-corrected chi connectivity index (χ2v) is 9.87. The van der Waals surface area contributed by atoms with E-state index in [1.165, 1.54) is 12.1 Å². The molecule has 3 N–H and O–H groups in total.